The number of amides is 1. The number of benzene rings is 1. The van der Waals surface area contributed by atoms with Gasteiger partial charge >= 0.3 is 0 Å². The summed E-state index contributed by atoms with van der Waals surface area (Å²) >= 11 is 0. The molecule has 1 aromatic rings. The third-order valence-corrected chi connectivity index (χ3v) is 5.85. The Bertz CT molecular complexity index is 654. The molecule has 6 heteroatoms. The van der Waals surface area contributed by atoms with Crippen molar-refractivity contribution in [1.29, 1.82) is 0 Å². The molecule has 2 aliphatic rings. The maximum absolute atomic E-state index is 11.9. The van der Waals surface area contributed by atoms with Crippen molar-refractivity contribution in [1.82, 2.24) is 20.9 Å². The van der Waals surface area contributed by atoms with Crippen LogP contribution in [-0.4, -0.2) is 62.1 Å². The van der Waals surface area contributed by atoms with E-state index in [-0.39, 0.29) is 5.91 Å². The lowest BCUT2D eigenvalue weighted by Crippen LogP contribution is -2.50. The van der Waals surface area contributed by atoms with Gasteiger partial charge in [0.1, 0.15) is 0 Å². The van der Waals surface area contributed by atoms with Gasteiger partial charge in [-0.15, -0.1) is 0 Å². The highest BCUT2D eigenvalue weighted by molar-refractivity contribution is 5.80. The van der Waals surface area contributed by atoms with E-state index >= 15 is 0 Å². The van der Waals surface area contributed by atoms with Gasteiger partial charge < -0.3 is 16.0 Å². The Balaban J connectivity index is 1.40. The zero-order chi connectivity index (χ0) is 20.5. The maximum Gasteiger partial charge on any atom is 0.234 e. The third-order valence-electron chi connectivity index (χ3n) is 5.85. The third kappa shape index (κ3) is 7.03. The molecule has 1 saturated carbocycles. The van der Waals surface area contributed by atoms with Crippen LogP contribution in [0.1, 0.15) is 51.0 Å². The summed E-state index contributed by atoms with van der Waals surface area (Å²) in [6.45, 7) is 9.13. The Labute approximate surface area is 175 Å². The number of carbonyl (C=O) groups excluding carboxylic acids is 1. The number of carbonyl (C=O) groups is 1. The van der Waals surface area contributed by atoms with Gasteiger partial charge in [0.15, 0.2) is 5.96 Å². The van der Waals surface area contributed by atoms with Gasteiger partial charge in [-0.1, -0.05) is 37.3 Å². The predicted octanol–water partition coefficient (Wildman–Crippen LogP) is 2.34. The summed E-state index contributed by atoms with van der Waals surface area (Å²) in [5.74, 6) is 2.41. The Morgan fingerprint density at radius 3 is 2.59 bits per heavy atom. The van der Waals surface area contributed by atoms with Crippen molar-refractivity contribution in [2.24, 2.45) is 10.9 Å². The van der Waals surface area contributed by atoms with Crippen molar-refractivity contribution >= 4 is 11.9 Å². The highest BCUT2D eigenvalue weighted by atomic mass is 16.2. The van der Waals surface area contributed by atoms with Crippen LogP contribution >= 0.6 is 0 Å². The predicted molar refractivity (Wildman–Crippen MR) is 119 cm³/mol. The number of piperidine rings is 1. The first kappa shape index (κ1) is 21.6. The fraction of sp³-hybridized carbons (Fsp3) is 0.652. The van der Waals surface area contributed by atoms with Gasteiger partial charge in [0.25, 0.3) is 0 Å². The van der Waals surface area contributed by atoms with E-state index in [4.69, 9.17) is 4.99 Å². The van der Waals surface area contributed by atoms with Crippen molar-refractivity contribution in [3.63, 3.8) is 0 Å². The maximum atomic E-state index is 11.9. The molecule has 2 atom stereocenters. The SMILES string of the molecule is CCCNC(=O)CN1CCC(NC(=NCC2CC2c2ccccc2)NCC)CC1. The van der Waals surface area contributed by atoms with Crippen LogP contribution < -0.4 is 16.0 Å². The number of hydrogen-bond acceptors (Lipinski definition) is 3. The van der Waals surface area contributed by atoms with Gasteiger partial charge in [-0.3, -0.25) is 14.7 Å². The normalized spacial score (nSPS) is 22.9. The molecule has 29 heavy (non-hydrogen) atoms. The van der Waals surface area contributed by atoms with Crippen LogP contribution in [0.3, 0.4) is 0 Å². The molecule has 2 unspecified atom stereocenters. The minimum absolute atomic E-state index is 0.144. The lowest BCUT2D eigenvalue weighted by Gasteiger charge is -2.32. The zero-order valence-electron chi connectivity index (χ0n) is 18.0. The van der Waals surface area contributed by atoms with Crippen LogP contribution in [0.4, 0.5) is 0 Å². The number of nitrogens with zero attached hydrogens (tertiary/aromatic N) is 2. The molecular weight excluding hydrogens is 362 g/mol. The lowest BCUT2D eigenvalue weighted by atomic mass is 10.1. The second-order valence-corrected chi connectivity index (χ2v) is 8.28. The van der Waals surface area contributed by atoms with E-state index in [1.165, 1.54) is 12.0 Å². The van der Waals surface area contributed by atoms with Crippen molar-refractivity contribution in [3.8, 4) is 0 Å². The standard InChI is InChI=1S/C23H37N5O/c1-3-12-25-22(29)17-28-13-10-20(11-14-28)27-23(24-4-2)26-16-19-15-21(19)18-8-6-5-7-9-18/h5-9,19-21H,3-4,10-17H2,1-2H3,(H,25,29)(H2,24,26,27). The number of likely N-dealkylation sites (tertiary alicyclic amines) is 1. The highest BCUT2D eigenvalue weighted by Gasteiger charge is 2.37. The molecule has 1 aromatic carbocycles. The molecule has 1 heterocycles. The summed E-state index contributed by atoms with van der Waals surface area (Å²) < 4.78 is 0. The Morgan fingerprint density at radius 2 is 1.90 bits per heavy atom. The van der Waals surface area contributed by atoms with Gasteiger partial charge in [0.2, 0.25) is 5.91 Å². The van der Waals surface area contributed by atoms with E-state index in [1.807, 2.05) is 0 Å². The van der Waals surface area contributed by atoms with Gasteiger partial charge in [0.05, 0.1) is 6.54 Å². The number of guanidine groups is 1. The minimum Gasteiger partial charge on any atom is -0.357 e. The fourth-order valence-corrected chi connectivity index (χ4v) is 4.04. The molecule has 3 rings (SSSR count). The molecule has 1 aliphatic heterocycles. The van der Waals surface area contributed by atoms with Crippen molar-refractivity contribution < 1.29 is 4.79 Å². The summed E-state index contributed by atoms with van der Waals surface area (Å²) in [6, 6.07) is 11.2. The largest absolute Gasteiger partial charge is 0.357 e. The molecule has 3 N–H and O–H groups in total. The Morgan fingerprint density at radius 1 is 1.14 bits per heavy atom. The van der Waals surface area contributed by atoms with Crippen LogP contribution in [0, 0.1) is 5.92 Å². The molecule has 1 aliphatic carbocycles. The Kier molecular flexibility index (Phi) is 8.35. The summed E-state index contributed by atoms with van der Waals surface area (Å²) in [4.78, 5) is 19.0. The van der Waals surface area contributed by atoms with E-state index < -0.39 is 0 Å². The first-order chi connectivity index (χ1) is 14.2. The van der Waals surface area contributed by atoms with Crippen LogP contribution in [0.2, 0.25) is 0 Å². The van der Waals surface area contributed by atoms with Crippen molar-refractivity contribution in [2.75, 3.05) is 39.3 Å². The van der Waals surface area contributed by atoms with Crippen LogP contribution in [-0.2, 0) is 4.79 Å². The molecule has 0 spiro atoms. The molecular formula is C23H37N5O. The van der Waals surface area contributed by atoms with Gasteiger partial charge in [-0.05, 0) is 50.0 Å². The molecule has 1 saturated heterocycles. The number of hydrogen-bond donors (Lipinski definition) is 3. The molecule has 0 bridgehead atoms. The molecule has 160 valence electrons. The number of nitrogens with one attached hydrogen (secondary N) is 3. The van der Waals surface area contributed by atoms with Gasteiger partial charge in [0, 0.05) is 38.8 Å². The summed E-state index contributed by atoms with van der Waals surface area (Å²) in [7, 11) is 0. The van der Waals surface area contributed by atoms with E-state index in [9.17, 15) is 4.79 Å². The smallest absolute Gasteiger partial charge is 0.234 e. The zero-order valence-corrected chi connectivity index (χ0v) is 18.0. The average Bonchev–Trinajstić information content (AvgIpc) is 3.52. The number of aliphatic imine (C=N–C) groups is 1. The first-order valence-corrected chi connectivity index (χ1v) is 11.3. The second kappa shape index (κ2) is 11.2. The summed E-state index contributed by atoms with van der Waals surface area (Å²) in [6.07, 6.45) is 4.31. The fourth-order valence-electron chi connectivity index (χ4n) is 4.04. The van der Waals surface area contributed by atoms with Crippen molar-refractivity contribution in [2.45, 2.75) is 51.5 Å². The average molecular weight is 400 g/mol. The Hall–Kier alpha value is -2.08. The lowest BCUT2D eigenvalue weighted by molar-refractivity contribution is -0.122. The number of rotatable bonds is 9. The minimum atomic E-state index is 0.144. The molecule has 0 aromatic heterocycles. The van der Waals surface area contributed by atoms with Gasteiger partial charge in [-0.25, -0.2) is 0 Å². The van der Waals surface area contributed by atoms with E-state index in [2.05, 4.69) is 65.0 Å². The molecule has 0 radical (unpaired) electrons. The highest BCUT2D eigenvalue weighted by Crippen LogP contribution is 2.47. The van der Waals surface area contributed by atoms with E-state index in [1.54, 1.807) is 0 Å². The summed E-state index contributed by atoms with van der Waals surface area (Å²) in [5, 5.41) is 9.97. The quantitative estimate of drug-likeness (QED) is 0.440. The van der Waals surface area contributed by atoms with Gasteiger partial charge in [-0.2, -0.15) is 0 Å². The topological polar surface area (TPSA) is 68.8 Å². The first-order valence-electron chi connectivity index (χ1n) is 11.3. The van der Waals surface area contributed by atoms with E-state index in [0.29, 0.717) is 24.4 Å². The molecule has 1 amide bonds. The van der Waals surface area contributed by atoms with Crippen LogP contribution in [0.5, 0.6) is 0 Å². The monoisotopic (exact) mass is 399 g/mol. The van der Waals surface area contributed by atoms with Crippen molar-refractivity contribution in [3.05, 3.63) is 35.9 Å². The second-order valence-electron chi connectivity index (χ2n) is 8.28. The van der Waals surface area contributed by atoms with Crippen LogP contribution in [0.25, 0.3) is 0 Å². The van der Waals surface area contributed by atoms with Crippen LogP contribution in [0.15, 0.2) is 35.3 Å². The molecule has 6 nitrogen and oxygen atoms in total. The molecule has 2 fully saturated rings. The summed E-state index contributed by atoms with van der Waals surface area (Å²) in [5.41, 5.74) is 1.45. The van der Waals surface area contributed by atoms with E-state index in [0.717, 1.165) is 57.9 Å².